The first-order chi connectivity index (χ1) is 16.4. The molecule has 0 saturated carbocycles. The Morgan fingerprint density at radius 2 is 1.48 bits per heavy atom. The molecule has 4 heteroatoms. The minimum Gasteiger partial charge on any atom is -0.335 e. The first kappa shape index (κ1) is 29.2. The lowest BCUT2D eigenvalue weighted by Crippen LogP contribution is -2.18. The molecule has 1 aliphatic rings. The summed E-state index contributed by atoms with van der Waals surface area (Å²) in [4.78, 5) is 3.87. The Labute approximate surface area is 211 Å². The molecule has 180 valence electrons. The van der Waals surface area contributed by atoms with E-state index in [-0.39, 0.29) is 0 Å². The van der Waals surface area contributed by atoms with E-state index in [1.54, 1.807) is 5.57 Å². The third-order valence-corrected chi connectivity index (χ3v) is 7.34. The Kier molecular flexibility index (Phi) is 17.4. The van der Waals surface area contributed by atoms with Gasteiger partial charge in [-0.25, -0.2) is 0 Å². The summed E-state index contributed by atoms with van der Waals surface area (Å²) in [7, 11) is 0. The molecule has 0 amide bonds. The van der Waals surface area contributed by atoms with Gasteiger partial charge in [-0.15, -0.1) is 23.5 Å². The highest BCUT2D eigenvalue weighted by atomic mass is 32.2. The molecule has 1 saturated heterocycles. The van der Waals surface area contributed by atoms with Gasteiger partial charge in [-0.3, -0.25) is 0 Å². The van der Waals surface area contributed by atoms with Gasteiger partial charge in [0.1, 0.15) is 0 Å². The van der Waals surface area contributed by atoms with Crippen LogP contribution in [0.1, 0.15) is 72.6 Å². The molecule has 3 rings (SSSR count). The topological polar surface area (TPSA) is 27.0 Å². The Morgan fingerprint density at radius 1 is 0.879 bits per heavy atom. The predicted molar refractivity (Wildman–Crippen MR) is 151 cm³/mol. The van der Waals surface area contributed by atoms with Crippen molar-refractivity contribution in [3.63, 3.8) is 0 Å². The number of thioether (sulfide) groups is 2. The standard InChI is InChI=1S/C25H30N2S2.2C2H6/c26-18-10-3-4-12-22(13-9-11-20-28-24-16-7-2-8-17-24)25-27(19-21-29-25)23-14-5-1-6-15-23;2*1-2/h1-2,5-8,14-17H,3-4,9-13,19-21H2;2*1-2H3/b25-22-;;. The average molecular weight is 483 g/mol. The Morgan fingerprint density at radius 3 is 2.12 bits per heavy atom. The van der Waals surface area contributed by atoms with Crippen molar-refractivity contribution in [2.75, 3.05) is 23.0 Å². The van der Waals surface area contributed by atoms with Crippen LogP contribution in [0.15, 0.2) is 76.2 Å². The smallest absolute Gasteiger partial charge is 0.0744 e. The Hall–Kier alpha value is -1.83. The maximum Gasteiger partial charge on any atom is 0.0744 e. The molecule has 1 heterocycles. The number of nitrogens with zero attached hydrogens (tertiary/aromatic N) is 2. The van der Waals surface area contributed by atoms with Gasteiger partial charge in [-0.2, -0.15) is 5.26 Å². The fraction of sp³-hybridized carbons (Fsp3) is 0.483. The summed E-state index contributed by atoms with van der Waals surface area (Å²) in [5.74, 6) is 2.34. The fourth-order valence-corrected chi connectivity index (χ4v) is 5.75. The van der Waals surface area contributed by atoms with Crippen molar-refractivity contribution in [2.24, 2.45) is 0 Å². The van der Waals surface area contributed by atoms with Gasteiger partial charge in [-0.05, 0) is 74.1 Å². The SMILES string of the molecule is CC.CC.N#CCCCC/C(CCCCSc1ccccc1)=C1/SCCN1c1ccccc1. The van der Waals surface area contributed by atoms with Crippen LogP contribution in [0.2, 0.25) is 0 Å². The molecule has 2 nitrogen and oxygen atoms in total. The summed E-state index contributed by atoms with van der Waals surface area (Å²) < 4.78 is 0. The number of unbranched alkanes of at least 4 members (excludes halogenated alkanes) is 3. The number of hydrogen-bond acceptors (Lipinski definition) is 4. The molecule has 0 aromatic heterocycles. The molecule has 1 aliphatic heterocycles. The van der Waals surface area contributed by atoms with Crippen molar-refractivity contribution in [2.45, 2.75) is 77.5 Å². The van der Waals surface area contributed by atoms with E-state index in [1.807, 2.05) is 51.2 Å². The van der Waals surface area contributed by atoms with E-state index in [4.69, 9.17) is 5.26 Å². The summed E-state index contributed by atoms with van der Waals surface area (Å²) in [6.07, 6.45) is 7.57. The van der Waals surface area contributed by atoms with Crippen LogP contribution < -0.4 is 4.90 Å². The lowest BCUT2D eigenvalue weighted by molar-refractivity contribution is 0.692. The molecule has 0 spiro atoms. The summed E-state index contributed by atoms with van der Waals surface area (Å²) >= 11 is 3.97. The van der Waals surface area contributed by atoms with Gasteiger partial charge in [0.15, 0.2) is 0 Å². The van der Waals surface area contributed by atoms with E-state index in [2.05, 4.69) is 71.6 Å². The van der Waals surface area contributed by atoms with Gasteiger partial charge in [0, 0.05) is 29.3 Å². The molecule has 0 N–H and O–H groups in total. The zero-order valence-corrected chi connectivity index (χ0v) is 22.7. The van der Waals surface area contributed by atoms with Gasteiger partial charge in [0.25, 0.3) is 0 Å². The highest BCUT2D eigenvalue weighted by Crippen LogP contribution is 2.38. The largest absolute Gasteiger partial charge is 0.335 e. The van der Waals surface area contributed by atoms with E-state index in [0.717, 1.165) is 31.6 Å². The van der Waals surface area contributed by atoms with Gasteiger partial charge < -0.3 is 4.90 Å². The normalized spacial score (nSPS) is 13.8. The zero-order valence-electron chi connectivity index (χ0n) is 21.1. The monoisotopic (exact) mass is 482 g/mol. The van der Waals surface area contributed by atoms with Gasteiger partial charge in [-0.1, -0.05) is 64.1 Å². The molecule has 0 bridgehead atoms. The number of benzene rings is 2. The fourth-order valence-electron chi connectivity index (χ4n) is 3.59. The third-order valence-electron chi connectivity index (χ3n) is 5.07. The van der Waals surface area contributed by atoms with E-state index < -0.39 is 0 Å². The first-order valence-electron chi connectivity index (χ1n) is 12.6. The van der Waals surface area contributed by atoms with Crippen molar-refractivity contribution >= 4 is 29.2 Å². The van der Waals surface area contributed by atoms with Crippen molar-refractivity contribution in [1.82, 2.24) is 0 Å². The second kappa shape index (κ2) is 19.6. The highest BCUT2D eigenvalue weighted by Gasteiger charge is 2.22. The molecule has 0 aliphatic carbocycles. The lowest BCUT2D eigenvalue weighted by atomic mass is 10.0. The minimum absolute atomic E-state index is 0.672. The van der Waals surface area contributed by atoms with Crippen LogP contribution in [0.4, 0.5) is 5.69 Å². The molecular formula is C29H42N2S2. The van der Waals surface area contributed by atoms with Crippen molar-refractivity contribution in [1.29, 1.82) is 5.26 Å². The van der Waals surface area contributed by atoms with Crippen LogP contribution in [-0.4, -0.2) is 18.1 Å². The van der Waals surface area contributed by atoms with Crippen LogP contribution in [0, 0.1) is 11.3 Å². The van der Waals surface area contributed by atoms with Crippen LogP contribution >= 0.6 is 23.5 Å². The molecule has 0 atom stereocenters. The lowest BCUT2D eigenvalue weighted by Gasteiger charge is -2.23. The molecular weight excluding hydrogens is 440 g/mol. The van der Waals surface area contributed by atoms with Gasteiger partial charge in [0.05, 0.1) is 11.1 Å². The van der Waals surface area contributed by atoms with Crippen LogP contribution in [0.25, 0.3) is 0 Å². The number of hydrogen-bond donors (Lipinski definition) is 0. The first-order valence-corrected chi connectivity index (χ1v) is 14.6. The molecule has 33 heavy (non-hydrogen) atoms. The number of allylic oxidation sites excluding steroid dienone is 1. The third kappa shape index (κ3) is 11.2. The van der Waals surface area contributed by atoms with Crippen molar-refractivity contribution in [3.05, 3.63) is 71.3 Å². The molecule has 0 unspecified atom stereocenters. The zero-order chi connectivity index (χ0) is 24.2. The number of para-hydroxylation sites is 1. The number of anilines is 1. The van der Waals surface area contributed by atoms with Crippen LogP contribution in [0.3, 0.4) is 0 Å². The summed E-state index contributed by atoms with van der Waals surface area (Å²) in [6, 6.07) is 23.8. The quantitative estimate of drug-likeness (QED) is 0.235. The molecule has 2 aromatic rings. The summed E-state index contributed by atoms with van der Waals surface area (Å²) in [6.45, 7) is 9.09. The van der Waals surface area contributed by atoms with E-state index >= 15 is 0 Å². The average Bonchev–Trinajstić information content (AvgIpc) is 3.38. The highest BCUT2D eigenvalue weighted by molar-refractivity contribution is 8.03. The van der Waals surface area contributed by atoms with Crippen LogP contribution in [0.5, 0.6) is 0 Å². The maximum atomic E-state index is 8.85. The van der Waals surface area contributed by atoms with E-state index in [1.165, 1.54) is 40.6 Å². The molecule has 1 fully saturated rings. The second-order valence-electron chi connectivity index (χ2n) is 7.23. The molecule has 0 radical (unpaired) electrons. The van der Waals surface area contributed by atoms with Crippen LogP contribution in [-0.2, 0) is 0 Å². The Balaban J connectivity index is 0.00000129. The molecule has 2 aromatic carbocycles. The minimum atomic E-state index is 0.672. The summed E-state index contributed by atoms with van der Waals surface area (Å²) in [5.41, 5.74) is 2.90. The Bertz CT molecular complexity index is 797. The van der Waals surface area contributed by atoms with E-state index in [0.29, 0.717) is 6.42 Å². The maximum absolute atomic E-state index is 8.85. The predicted octanol–water partition coefficient (Wildman–Crippen LogP) is 9.55. The van der Waals surface area contributed by atoms with Crippen molar-refractivity contribution < 1.29 is 0 Å². The van der Waals surface area contributed by atoms with Crippen molar-refractivity contribution in [3.8, 4) is 6.07 Å². The summed E-state index contributed by atoms with van der Waals surface area (Å²) in [5, 5.41) is 10.3. The van der Waals surface area contributed by atoms with Gasteiger partial charge in [0.2, 0.25) is 0 Å². The number of nitriles is 1. The second-order valence-corrected chi connectivity index (χ2v) is 9.48. The van der Waals surface area contributed by atoms with Gasteiger partial charge >= 0.3 is 0 Å². The van der Waals surface area contributed by atoms with E-state index in [9.17, 15) is 0 Å². The number of rotatable bonds is 11.